The predicted molar refractivity (Wildman–Crippen MR) is 143 cm³/mol. The van der Waals surface area contributed by atoms with Crippen molar-refractivity contribution in [3.63, 3.8) is 0 Å². The smallest absolute Gasteiger partial charge is 0.296 e. The number of hydrogen-bond donors (Lipinski definition) is 1. The number of nitrogens with zero attached hydrogens (tertiary/aromatic N) is 6. The Kier molecular flexibility index (Phi) is 7.49. The molecular formula is C28H29F2N7O3. The fourth-order valence-corrected chi connectivity index (χ4v) is 5.21. The monoisotopic (exact) mass is 549 g/mol. The summed E-state index contributed by atoms with van der Waals surface area (Å²) in [6, 6.07) is 14.0. The van der Waals surface area contributed by atoms with E-state index < -0.39 is 12.2 Å². The van der Waals surface area contributed by atoms with Gasteiger partial charge in [0.25, 0.3) is 6.43 Å². The number of rotatable bonds is 8. The van der Waals surface area contributed by atoms with Gasteiger partial charge in [-0.1, -0.05) is 18.2 Å². The predicted octanol–water partition coefficient (Wildman–Crippen LogP) is 3.64. The maximum absolute atomic E-state index is 14.1. The van der Waals surface area contributed by atoms with Gasteiger partial charge >= 0.3 is 0 Å². The third kappa shape index (κ3) is 5.71. The van der Waals surface area contributed by atoms with Crippen LogP contribution in [0.4, 0.5) is 14.7 Å². The Morgan fingerprint density at radius 3 is 2.70 bits per heavy atom. The minimum Gasteiger partial charge on any atom is -0.474 e. The summed E-state index contributed by atoms with van der Waals surface area (Å²) in [7, 11) is 0. The van der Waals surface area contributed by atoms with Crippen molar-refractivity contribution >= 4 is 22.9 Å². The number of benzene rings is 1. The van der Waals surface area contributed by atoms with Crippen LogP contribution in [0.1, 0.15) is 37.2 Å². The van der Waals surface area contributed by atoms with Gasteiger partial charge in [0.2, 0.25) is 17.7 Å². The molecule has 1 N–H and O–H groups in total. The summed E-state index contributed by atoms with van der Waals surface area (Å²) in [4.78, 5) is 32.2. The Labute approximate surface area is 229 Å². The number of carbonyl (C=O) groups is 1. The molecule has 4 aromatic rings. The minimum atomic E-state index is -2.80. The lowest BCUT2D eigenvalue weighted by Gasteiger charge is -2.27. The molecule has 1 amide bonds. The average molecular weight is 550 g/mol. The van der Waals surface area contributed by atoms with Crippen LogP contribution >= 0.6 is 0 Å². The van der Waals surface area contributed by atoms with Crippen molar-refractivity contribution in [3.05, 3.63) is 66.2 Å². The van der Waals surface area contributed by atoms with E-state index in [0.29, 0.717) is 55.4 Å². The molecule has 0 unspecified atom stereocenters. The van der Waals surface area contributed by atoms with E-state index in [1.54, 1.807) is 36.5 Å². The van der Waals surface area contributed by atoms with E-state index in [0.717, 1.165) is 12.8 Å². The van der Waals surface area contributed by atoms with Gasteiger partial charge in [0.05, 0.1) is 30.7 Å². The second kappa shape index (κ2) is 11.5. The number of pyridine rings is 1. The van der Waals surface area contributed by atoms with Crippen LogP contribution in [0.2, 0.25) is 0 Å². The van der Waals surface area contributed by atoms with Gasteiger partial charge in [-0.15, -0.1) is 0 Å². The molecule has 40 heavy (non-hydrogen) atoms. The molecule has 6 rings (SSSR count). The van der Waals surface area contributed by atoms with Crippen molar-refractivity contribution < 1.29 is 23.0 Å². The minimum absolute atomic E-state index is 0.0377. The molecule has 1 aliphatic carbocycles. The number of carbonyl (C=O) groups excluding carboxylic acids is 1. The molecule has 2 fully saturated rings. The van der Waals surface area contributed by atoms with Crippen LogP contribution in [-0.4, -0.2) is 68.9 Å². The molecule has 1 aromatic carbocycles. The Hall–Kier alpha value is -4.19. The van der Waals surface area contributed by atoms with E-state index in [2.05, 4.69) is 25.3 Å². The van der Waals surface area contributed by atoms with Crippen molar-refractivity contribution in [2.45, 2.75) is 44.3 Å². The first-order valence-corrected chi connectivity index (χ1v) is 13.4. The summed E-state index contributed by atoms with van der Waals surface area (Å²) in [5.41, 5.74) is 1.68. The molecule has 3 aromatic heterocycles. The Morgan fingerprint density at radius 2 is 1.90 bits per heavy atom. The third-order valence-corrected chi connectivity index (χ3v) is 7.09. The number of imidazole rings is 1. The number of fused-ring (bicyclic) bond motifs is 1. The SMILES string of the molecule is O=C(Cc1ccccn1)N[C@H]1CC[C@H](Oc2cc(-n3c(C(F)F)nc4ccccc43)nc(N3CCOCC3)n2)C1. The zero-order valence-electron chi connectivity index (χ0n) is 21.7. The Balaban J connectivity index is 1.24. The molecule has 1 aliphatic heterocycles. The van der Waals surface area contributed by atoms with Gasteiger partial charge in [0, 0.05) is 43.5 Å². The molecule has 12 heteroatoms. The summed E-state index contributed by atoms with van der Waals surface area (Å²) < 4.78 is 41.3. The summed E-state index contributed by atoms with van der Waals surface area (Å²) in [5.74, 6) is 0.445. The van der Waals surface area contributed by atoms with Gasteiger partial charge in [-0.3, -0.25) is 14.3 Å². The van der Waals surface area contributed by atoms with Crippen molar-refractivity contribution in [1.82, 2.24) is 29.8 Å². The molecule has 208 valence electrons. The van der Waals surface area contributed by atoms with E-state index in [-0.39, 0.29) is 36.2 Å². The van der Waals surface area contributed by atoms with Crippen LogP contribution in [0.3, 0.4) is 0 Å². The molecule has 1 saturated heterocycles. The molecule has 1 saturated carbocycles. The van der Waals surface area contributed by atoms with E-state index in [9.17, 15) is 13.6 Å². The highest BCUT2D eigenvalue weighted by Crippen LogP contribution is 2.31. The molecule has 2 aliphatic rings. The first-order chi connectivity index (χ1) is 19.5. The fraction of sp³-hybridized carbons (Fsp3) is 0.393. The zero-order chi connectivity index (χ0) is 27.5. The lowest BCUT2D eigenvalue weighted by Crippen LogP contribution is -2.37. The fourth-order valence-electron chi connectivity index (χ4n) is 5.21. The first-order valence-electron chi connectivity index (χ1n) is 13.4. The standard InChI is InChI=1S/C28H29F2N7O3/c29-26(30)27-33-21-6-1-2-7-22(21)37(27)23-17-25(35-28(34-23)36-11-13-39-14-12-36)40-20-9-8-19(15-20)32-24(38)16-18-5-3-4-10-31-18/h1-7,10,17,19-20,26H,8-9,11-16H2,(H,32,38)/t19-,20-/m0/s1. The number of aromatic nitrogens is 5. The molecule has 0 spiro atoms. The number of amides is 1. The molecule has 4 heterocycles. The van der Waals surface area contributed by atoms with Crippen molar-refractivity contribution in [3.8, 4) is 11.7 Å². The first kappa shape index (κ1) is 26.1. The van der Waals surface area contributed by atoms with Crippen LogP contribution < -0.4 is 15.0 Å². The number of hydrogen-bond acceptors (Lipinski definition) is 8. The maximum Gasteiger partial charge on any atom is 0.296 e. The Morgan fingerprint density at radius 1 is 1.07 bits per heavy atom. The number of morpholine rings is 1. The van der Waals surface area contributed by atoms with Gasteiger partial charge in [0.1, 0.15) is 11.9 Å². The molecule has 0 bridgehead atoms. The maximum atomic E-state index is 14.1. The second-order valence-corrected chi connectivity index (χ2v) is 9.87. The highest BCUT2D eigenvalue weighted by atomic mass is 19.3. The van der Waals surface area contributed by atoms with Crippen LogP contribution in [0.5, 0.6) is 5.88 Å². The molecular weight excluding hydrogens is 520 g/mol. The lowest BCUT2D eigenvalue weighted by atomic mass is 10.2. The largest absolute Gasteiger partial charge is 0.474 e. The molecule has 2 atom stereocenters. The topological polar surface area (TPSA) is 107 Å². The van der Waals surface area contributed by atoms with Gasteiger partial charge in [-0.2, -0.15) is 9.97 Å². The number of alkyl halides is 2. The van der Waals surface area contributed by atoms with Crippen LogP contribution in [0, 0.1) is 0 Å². The molecule has 10 nitrogen and oxygen atoms in total. The van der Waals surface area contributed by atoms with Crippen molar-refractivity contribution in [2.24, 2.45) is 0 Å². The summed E-state index contributed by atoms with van der Waals surface area (Å²) in [6.07, 6.45) is 0.965. The van der Waals surface area contributed by atoms with Gasteiger partial charge in [-0.05, 0) is 37.1 Å². The van der Waals surface area contributed by atoms with Gasteiger partial charge < -0.3 is 19.7 Å². The number of anilines is 1. The number of nitrogens with one attached hydrogen (secondary N) is 1. The lowest BCUT2D eigenvalue weighted by molar-refractivity contribution is -0.121. The Bertz CT molecular complexity index is 1480. The van der Waals surface area contributed by atoms with E-state index in [4.69, 9.17) is 9.47 Å². The van der Waals surface area contributed by atoms with Gasteiger partial charge in [0.15, 0.2) is 5.82 Å². The average Bonchev–Trinajstić information content (AvgIpc) is 3.58. The van der Waals surface area contributed by atoms with Gasteiger partial charge in [-0.25, -0.2) is 13.8 Å². The van der Waals surface area contributed by atoms with Crippen LogP contribution in [0.15, 0.2) is 54.7 Å². The number of halogens is 2. The van der Waals surface area contributed by atoms with Crippen molar-refractivity contribution in [2.75, 3.05) is 31.2 Å². The number of ether oxygens (including phenoxy) is 2. The second-order valence-electron chi connectivity index (χ2n) is 9.87. The highest BCUT2D eigenvalue weighted by Gasteiger charge is 2.29. The quantitative estimate of drug-likeness (QED) is 0.355. The summed E-state index contributed by atoms with van der Waals surface area (Å²) in [5, 5.41) is 3.07. The van der Waals surface area contributed by atoms with E-state index in [1.165, 1.54) is 4.57 Å². The van der Waals surface area contributed by atoms with Crippen LogP contribution in [-0.2, 0) is 16.0 Å². The van der Waals surface area contributed by atoms with Crippen molar-refractivity contribution in [1.29, 1.82) is 0 Å². The van der Waals surface area contributed by atoms with E-state index in [1.807, 2.05) is 23.1 Å². The summed E-state index contributed by atoms with van der Waals surface area (Å²) in [6.45, 7) is 2.18. The normalized spacial score (nSPS) is 19.3. The highest BCUT2D eigenvalue weighted by molar-refractivity contribution is 5.79. The summed E-state index contributed by atoms with van der Waals surface area (Å²) >= 11 is 0. The zero-order valence-corrected chi connectivity index (χ0v) is 21.7. The third-order valence-electron chi connectivity index (χ3n) is 7.09. The van der Waals surface area contributed by atoms with E-state index >= 15 is 0 Å². The van der Waals surface area contributed by atoms with Crippen LogP contribution in [0.25, 0.3) is 16.9 Å². The number of para-hydroxylation sites is 2. The molecule has 0 radical (unpaired) electrons.